The number of fused-ring (bicyclic) bond motifs is 1. The molecular weight excluding hydrogens is 551 g/mol. The van der Waals surface area contributed by atoms with Crippen LogP contribution in [0.2, 0.25) is 0 Å². The van der Waals surface area contributed by atoms with Crippen molar-refractivity contribution in [2.75, 3.05) is 33.3 Å². The minimum atomic E-state index is -5.27. The number of carbonyl (C=O) groups excluding carboxylic acids is 2. The van der Waals surface area contributed by atoms with Crippen LogP contribution in [0.5, 0.6) is 5.75 Å². The van der Waals surface area contributed by atoms with Gasteiger partial charge >= 0.3 is 18.1 Å². The second-order valence-electron chi connectivity index (χ2n) is 11.7. The summed E-state index contributed by atoms with van der Waals surface area (Å²) in [4.78, 5) is 26.0. The van der Waals surface area contributed by atoms with E-state index in [4.69, 9.17) is 18.6 Å². The van der Waals surface area contributed by atoms with Gasteiger partial charge in [-0.05, 0) is 36.4 Å². The molecule has 0 spiro atoms. The lowest BCUT2D eigenvalue weighted by molar-refractivity contribution is -0.899. The maximum Gasteiger partial charge on any atom is 0.490 e. The van der Waals surface area contributed by atoms with E-state index < -0.39 is 35.7 Å². The molecule has 10 heteroatoms. The summed E-state index contributed by atoms with van der Waals surface area (Å²) in [5, 5.41) is 2.16. The molecule has 226 valence electrons. The molecule has 42 heavy (non-hydrogen) atoms. The average Bonchev–Trinajstić information content (AvgIpc) is 3.64. The van der Waals surface area contributed by atoms with Crippen LogP contribution in [-0.4, -0.2) is 62.0 Å². The number of alkyl halides is 3. The number of hydrogen-bond acceptors (Lipinski definition) is 6. The molecule has 0 N–H and O–H groups in total. The zero-order valence-corrected chi connectivity index (χ0v) is 23.7. The quantitative estimate of drug-likeness (QED) is 0.152. The van der Waals surface area contributed by atoms with Crippen LogP contribution in [0.15, 0.2) is 65.3 Å². The first-order valence-electron chi connectivity index (χ1n) is 14.6. The number of carbonyl (C=O) groups is 2. The first kappa shape index (κ1) is 29.9. The van der Waals surface area contributed by atoms with E-state index in [1.807, 2.05) is 42.5 Å². The Labute approximate surface area is 243 Å². The number of quaternary nitrogens is 1. The highest BCUT2D eigenvalue weighted by molar-refractivity contribution is 5.88. The number of benzene rings is 2. The molecule has 2 aliphatic rings. The second-order valence-corrected chi connectivity index (χ2v) is 11.7. The number of nitrogens with zero attached hydrogens (tertiary/aromatic N) is 1. The third-order valence-electron chi connectivity index (χ3n) is 8.61. The average molecular weight is 589 g/mol. The molecule has 2 heterocycles. The van der Waals surface area contributed by atoms with E-state index in [-0.39, 0.29) is 5.76 Å². The van der Waals surface area contributed by atoms with Crippen molar-refractivity contribution >= 4 is 22.7 Å². The summed E-state index contributed by atoms with van der Waals surface area (Å²) in [7, 11) is 2.07. The van der Waals surface area contributed by atoms with Crippen LogP contribution in [0.3, 0.4) is 0 Å². The molecule has 1 saturated heterocycles. The van der Waals surface area contributed by atoms with Gasteiger partial charge in [0.1, 0.15) is 12.3 Å². The Bertz CT molecular complexity index is 1360. The molecule has 1 aliphatic heterocycles. The van der Waals surface area contributed by atoms with Crippen molar-refractivity contribution in [3.63, 3.8) is 0 Å². The Morgan fingerprint density at radius 2 is 1.71 bits per heavy atom. The van der Waals surface area contributed by atoms with Gasteiger partial charge < -0.3 is 23.1 Å². The number of esters is 2. The number of halogens is 3. The van der Waals surface area contributed by atoms with Crippen LogP contribution >= 0.6 is 0 Å². The highest BCUT2D eigenvalue weighted by atomic mass is 19.4. The van der Waals surface area contributed by atoms with Gasteiger partial charge in [0.2, 0.25) is 0 Å². The summed E-state index contributed by atoms with van der Waals surface area (Å²) < 4.78 is 63.4. The molecule has 2 aromatic carbocycles. The zero-order chi connectivity index (χ0) is 29.8. The predicted octanol–water partition coefficient (Wildman–Crippen LogP) is 6.55. The van der Waals surface area contributed by atoms with Crippen molar-refractivity contribution in [1.82, 2.24) is 0 Å². The van der Waals surface area contributed by atoms with E-state index in [0.29, 0.717) is 49.7 Å². The minimum Gasteiger partial charge on any atom is -0.493 e. The fraction of sp³-hybridized carbons (Fsp3) is 0.500. The number of ether oxygens (including phenoxy) is 3. The fourth-order valence-electron chi connectivity index (χ4n) is 6.46. The Balaban J connectivity index is 1.25. The maximum absolute atomic E-state index is 13.9. The number of furan rings is 1. The molecule has 1 saturated carbocycles. The molecule has 3 atom stereocenters. The summed E-state index contributed by atoms with van der Waals surface area (Å²) in [6.45, 7) is 2.51. The standard InChI is InChI=1S/C32H37F3NO6/c1-36(18-9-21-39-27-15-7-11-23-10-5-6-14-26(23)27)19-17-25(22-36)41-29(37)31(28-16-8-20-40-28,24-12-3-2-4-13-24)42-30(38)32(33,34)35/h5-8,10-11,14-16,20,24-25H,2-4,9,12-13,17-19,21-22H2,1H3/q+1. The monoisotopic (exact) mass is 588 g/mol. The van der Waals surface area contributed by atoms with Gasteiger partial charge in [0.05, 0.1) is 33.0 Å². The minimum absolute atomic E-state index is 0.141. The highest BCUT2D eigenvalue weighted by Crippen LogP contribution is 2.45. The normalized spacial score (nSPS) is 22.9. The Morgan fingerprint density at radius 1 is 0.952 bits per heavy atom. The molecule has 0 radical (unpaired) electrons. The summed E-state index contributed by atoms with van der Waals surface area (Å²) in [5.41, 5.74) is -2.30. The van der Waals surface area contributed by atoms with Gasteiger partial charge in [-0.15, -0.1) is 0 Å². The molecule has 2 fully saturated rings. The summed E-state index contributed by atoms with van der Waals surface area (Å²) in [6, 6.07) is 16.8. The topological polar surface area (TPSA) is 75.0 Å². The fourth-order valence-corrected chi connectivity index (χ4v) is 6.46. The summed E-state index contributed by atoms with van der Waals surface area (Å²) >= 11 is 0. The van der Waals surface area contributed by atoms with E-state index in [9.17, 15) is 22.8 Å². The van der Waals surface area contributed by atoms with Gasteiger partial charge in [-0.2, -0.15) is 13.2 Å². The lowest BCUT2D eigenvalue weighted by atomic mass is 9.75. The van der Waals surface area contributed by atoms with E-state index >= 15 is 0 Å². The third-order valence-corrected chi connectivity index (χ3v) is 8.61. The van der Waals surface area contributed by atoms with E-state index in [1.165, 1.54) is 18.4 Å². The molecule has 1 aliphatic carbocycles. The van der Waals surface area contributed by atoms with Crippen molar-refractivity contribution < 1.29 is 45.9 Å². The maximum atomic E-state index is 13.9. The van der Waals surface area contributed by atoms with Gasteiger partial charge in [0, 0.05) is 24.1 Å². The molecular formula is C32H37F3NO6+. The Morgan fingerprint density at radius 3 is 2.45 bits per heavy atom. The van der Waals surface area contributed by atoms with E-state index in [1.54, 1.807) is 0 Å². The highest BCUT2D eigenvalue weighted by Gasteiger charge is 2.59. The van der Waals surface area contributed by atoms with Gasteiger partial charge in [-0.3, -0.25) is 0 Å². The molecule has 0 bridgehead atoms. The van der Waals surface area contributed by atoms with Crippen LogP contribution in [0, 0.1) is 5.92 Å². The van der Waals surface area contributed by atoms with Crippen LogP contribution in [-0.2, 0) is 24.7 Å². The number of likely N-dealkylation sites (tertiary alicyclic amines) is 1. The third kappa shape index (κ3) is 6.43. The van der Waals surface area contributed by atoms with Gasteiger partial charge in [0.15, 0.2) is 11.9 Å². The lowest BCUT2D eigenvalue weighted by Crippen LogP contribution is -2.52. The first-order chi connectivity index (χ1) is 20.1. The predicted molar refractivity (Wildman–Crippen MR) is 148 cm³/mol. The smallest absolute Gasteiger partial charge is 0.490 e. The van der Waals surface area contributed by atoms with Crippen LogP contribution in [0.1, 0.15) is 50.7 Å². The number of likely N-dealkylation sites (N-methyl/N-ethyl adjacent to an activating group) is 1. The van der Waals surface area contributed by atoms with Gasteiger partial charge in [-0.1, -0.05) is 55.7 Å². The van der Waals surface area contributed by atoms with Gasteiger partial charge in [-0.25, -0.2) is 9.59 Å². The van der Waals surface area contributed by atoms with Crippen molar-refractivity contribution in [3.05, 3.63) is 66.6 Å². The molecule has 3 aromatic rings. The first-order valence-corrected chi connectivity index (χ1v) is 14.6. The molecule has 0 amide bonds. The largest absolute Gasteiger partial charge is 0.493 e. The van der Waals surface area contributed by atoms with Crippen molar-refractivity contribution in [1.29, 1.82) is 0 Å². The lowest BCUT2D eigenvalue weighted by Gasteiger charge is -2.38. The number of hydrogen-bond donors (Lipinski definition) is 0. The van der Waals surface area contributed by atoms with Crippen molar-refractivity contribution in [2.24, 2.45) is 5.92 Å². The van der Waals surface area contributed by atoms with Crippen molar-refractivity contribution in [2.45, 2.75) is 62.8 Å². The van der Waals surface area contributed by atoms with Gasteiger partial charge in [0.25, 0.3) is 5.60 Å². The summed E-state index contributed by atoms with van der Waals surface area (Å²) in [6.07, 6.45) is -0.145. The Hall–Kier alpha value is -3.53. The molecule has 1 aromatic heterocycles. The van der Waals surface area contributed by atoms with Crippen LogP contribution in [0.4, 0.5) is 13.2 Å². The molecule has 5 rings (SSSR count). The Kier molecular flexibility index (Phi) is 8.82. The molecule has 7 nitrogen and oxygen atoms in total. The van der Waals surface area contributed by atoms with Crippen LogP contribution < -0.4 is 4.74 Å². The zero-order valence-electron chi connectivity index (χ0n) is 23.7. The number of rotatable bonds is 10. The van der Waals surface area contributed by atoms with E-state index in [2.05, 4.69) is 7.05 Å². The van der Waals surface area contributed by atoms with E-state index in [0.717, 1.165) is 42.5 Å². The second kappa shape index (κ2) is 12.4. The van der Waals surface area contributed by atoms with Crippen LogP contribution in [0.25, 0.3) is 10.8 Å². The summed E-state index contributed by atoms with van der Waals surface area (Å²) in [5.74, 6) is -3.43. The van der Waals surface area contributed by atoms with Crippen molar-refractivity contribution in [3.8, 4) is 5.75 Å². The SMILES string of the molecule is C[N+]1(CCCOc2cccc3ccccc23)CCC(OC(=O)C(OC(=O)C(F)(F)F)(c2ccco2)C2CCCCC2)C1. The molecule has 3 unspecified atom stereocenters.